The Morgan fingerprint density at radius 1 is 1.02 bits per heavy atom. The van der Waals surface area contributed by atoms with Crippen LogP contribution in [0.3, 0.4) is 0 Å². The Labute approximate surface area is 270 Å². The van der Waals surface area contributed by atoms with E-state index in [9.17, 15) is 14.4 Å². The van der Waals surface area contributed by atoms with Crippen LogP contribution in [0.4, 0.5) is 4.79 Å². The van der Waals surface area contributed by atoms with Crippen LogP contribution in [0.5, 0.6) is 17.2 Å². The van der Waals surface area contributed by atoms with Crippen LogP contribution in [0.2, 0.25) is 10.0 Å². The molecule has 1 aliphatic heterocycles. The van der Waals surface area contributed by atoms with E-state index in [4.69, 9.17) is 42.1 Å². The molecule has 0 spiro atoms. The zero-order chi connectivity index (χ0) is 32.5. The average molecular weight is 656 g/mol. The fraction of sp³-hybridized carbons (Fsp3) is 0.250. The van der Waals surface area contributed by atoms with Gasteiger partial charge in [-0.1, -0.05) is 59.1 Å². The van der Waals surface area contributed by atoms with E-state index in [1.54, 1.807) is 44.2 Å². The molecule has 13 heteroatoms. The van der Waals surface area contributed by atoms with Gasteiger partial charge >= 0.3 is 12.0 Å². The molecule has 0 saturated heterocycles. The number of hydrogen-bond acceptors (Lipinski definition) is 8. The monoisotopic (exact) mass is 654 g/mol. The number of amides is 3. The van der Waals surface area contributed by atoms with Crippen LogP contribution in [0, 0.1) is 6.92 Å². The molecule has 45 heavy (non-hydrogen) atoms. The second kappa shape index (κ2) is 15.3. The summed E-state index contributed by atoms with van der Waals surface area (Å²) in [5, 5.41) is 9.86. The first-order chi connectivity index (χ1) is 21.6. The highest BCUT2D eigenvalue weighted by atomic mass is 35.5. The summed E-state index contributed by atoms with van der Waals surface area (Å²) in [5.41, 5.74) is 6.22. The number of carbonyl (C=O) groups is 3. The second-order valence-corrected chi connectivity index (χ2v) is 10.7. The lowest BCUT2D eigenvalue weighted by atomic mass is 9.95. The molecule has 3 aromatic rings. The fourth-order valence-electron chi connectivity index (χ4n) is 4.51. The van der Waals surface area contributed by atoms with Crippen LogP contribution in [0.25, 0.3) is 0 Å². The van der Waals surface area contributed by atoms with E-state index < -0.39 is 23.9 Å². The number of benzene rings is 3. The van der Waals surface area contributed by atoms with E-state index in [-0.39, 0.29) is 30.3 Å². The Balaban J connectivity index is 1.36. The number of nitrogens with zero attached hydrogens (tertiary/aromatic N) is 1. The van der Waals surface area contributed by atoms with Gasteiger partial charge in [0.2, 0.25) is 0 Å². The fourth-order valence-corrected chi connectivity index (χ4v) is 5.12. The van der Waals surface area contributed by atoms with E-state index in [1.165, 1.54) is 13.3 Å². The van der Waals surface area contributed by atoms with Gasteiger partial charge in [-0.25, -0.2) is 15.0 Å². The Bertz CT molecular complexity index is 1640. The number of carbonyl (C=O) groups excluding carboxylic acids is 3. The molecule has 3 N–H and O–H groups in total. The number of hydrogen-bond donors (Lipinski definition) is 3. The summed E-state index contributed by atoms with van der Waals surface area (Å²) in [4.78, 5) is 37.2. The maximum Gasteiger partial charge on any atom is 0.338 e. The third-order valence-corrected chi connectivity index (χ3v) is 7.09. The number of urea groups is 1. The molecule has 0 aliphatic carbocycles. The first-order valence-electron chi connectivity index (χ1n) is 13.8. The molecule has 0 radical (unpaired) electrons. The highest BCUT2D eigenvalue weighted by molar-refractivity contribution is 6.37. The Hall–Kier alpha value is -4.74. The van der Waals surface area contributed by atoms with Crippen LogP contribution in [0.15, 0.2) is 71.0 Å². The zero-order valence-corrected chi connectivity index (χ0v) is 26.5. The number of esters is 1. The van der Waals surface area contributed by atoms with E-state index in [0.717, 1.165) is 11.1 Å². The molecule has 236 valence electrons. The van der Waals surface area contributed by atoms with E-state index in [0.29, 0.717) is 39.2 Å². The predicted octanol–water partition coefficient (Wildman–Crippen LogP) is 5.61. The lowest BCUT2D eigenvalue weighted by molar-refractivity contribution is -0.139. The summed E-state index contributed by atoms with van der Waals surface area (Å²) in [6, 6.07) is 14.7. The van der Waals surface area contributed by atoms with Crippen LogP contribution in [0.1, 0.15) is 42.1 Å². The molecule has 1 atom stereocenters. The van der Waals surface area contributed by atoms with Gasteiger partial charge in [-0.05, 0) is 61.7 Å². The maximum absolute atomic E-state index is 12.6. The highest BCUT2D eigenvalue weighted by Gasteiger charge is 2.32. The number of ether oxygens (including phenoxy) is 4. The lowest BCUT2D eigenvalue weighted by Gasteiger charge is -2.28. The van der Waals surface area contributed by atoms with Crippen molar-refractivity contribution in [3.63, 3.8) is 0 Å². The molecular weight excluding hydrogens is 623 g/mol. The summed E-state index contributed by atoms with van der Waals surface area (Å²) in [6.45, 7) is 5.42. The van der Waals surface area contributed by atoms with E-state index in [2.05, 4.69) is 21.2 Å². The Kier molecular flexibility index (Phi) is 11.3. The molecule has 3 aromatic carbocycles. The number of rotatable bonds is 12. The van der Waals surface area contributed by atoms with Crippen LogP contribution in [-0.4, -0.2) is 44.4 Å². The maximum atomic E-state index is 12.6. The van der Waals surface area contributed by atoms with Gasteiger partial charge in [-0.3, -0.25) is 4.79 Å². The summed E-state index contributed by atoms with van der Waals surface area (Å²) in [5.74, 6) is -0.206. The van der Waals surface area contributed by atoms with Gasteiger partial charge < -0.3 is 29.6 Å². The SMILES string of the molecule is CCOC(=O)C1=C(C)NC(=O)N[C@H]1c1ccc(OCC(=O)N/N=C\c2cc(Cl)c(OCc3cccc(C)c3)c(Cl)c2)c(OC)c1. The first-order valence-corrected chi connectivity index (χ1v) is 14.6. The lowest BCUT2D eigenvalue weighted by Crippen LogP contribution is -2.45. The van der Waals surface area contributed by atoms with Crippen molar-refractivity contribution in [3.8, 4) is 17.2 Å². The Morgan fingerprint density at radius 3 is 2.47 bits per heavy atom. The molecule has 0 fully saturated rings. The molecule has 1 heterocycles. The van der Waals surface area contributed by atoms with E-state index in [1.807, 2.05) is 31.2 Å². The van der Waals surface area contributed by atoms with Crippen molar-refractivity contribution in [1.82, 2.24) is 16.1 Å². The molecule has 4 rings (SSSR count). The standard InChI is InChI=1S/C32H32Cl2N4O7/c1-5-43-31(40)28-19(3)36-32(41)37-29(28)22-9-10-25(26(14-22)42-4)44-17-27(39)38-35-15-21-12-23(33)30(24(34)13-21)45-16-20-8-6-7-18(2)11-20/h6-15,29H,5,16-17H2,1-4H3,(H,38,39)(H2,36,37,41)/b35-15-/t29-/m0/s1. The third kappa shape index (κ3) is 8.68. The molecule has 1 aliphatic rings. The number of hydrazone groups is 1. The van der Waals surface area contributed by atoms with Gasteiger partial charge in [-0.15, -0.1) is 0 Å². The second-order valence-electron chi connectivity index (χ2n) is 9.87. The van der Waals surface area contributed by atoms with Gasteiger partial charge in [0.15, 0.2) is 23.9 Å². The van der Waals surface area contributed by atoms with Crippen LogP contribution >= 0.6 is 23.2 Å². The summed E-state index contributed by atoms with van der Waals surface area (Å²) in [6.07, 6.45) is 1.39. The van der Waals surface area contributed by atoms with Gasteiger partial charge in [0, 0.05) is 5.70 Å². The van der Waals surface area contributed by atoms with Crippen LogP contribution in [-0.2, 0) is 20.9 Å². The highest BCUT2D eigenvalue weighted by Crippen LogP contribution is 2.36. The molecule has 0 bridgehead atoms. The number of methoxy groups -OCH3 is 1. The van der Waals surface area contributed by atoms with Crippen molar-refractivity contribution in [2.24, 2.45) is 5.10 Å². The first kappa shape index (κ1) is 33.2. The summed E-state index contributed by atoms with van der Waals surface area (Å²) < 4.78 is 22.1. The van der Waals surface area contributed by atoms with Crippen molar-refractivity contribution in [3.05, 3.63) is 98.2 Å². The summed E-state index contributed by atoms with van der Waals surface area (Å²) in [7, 11) is 1.43. The predicted molar refractivity (Wildman–Crippen MR) is 170 cm³/mol. The van der Waals surface area contributed by atoms with Gasteiger partial charge in [0.05, 0.1) is 41.6 Å². The van der Waals surface area contributed by atoms with Crippen molar-refractivity contribution < 1.29 is 33.3 Å². The molecule has 11 nitrogen and oxygen atoms in total. The summed E-state index contributed by atoms with van der Waals surface area (Å²) >= 11 is 12.8. The quantitative estimate of drug-likeness (QED) is 0.131. The number of allylic oxidation sites excluding steroid dienone is 1. The van der Waals surface area contributed by atoms with Gasteiger partial charge in [0.25, 0.3) is 5.91 Å². The minimum Gasteiger partial charge on any atom is -0.493 e. The molecular formula is C32H32Cl2N4O7. The number of nitrogens with one attached hydrogen (secondary N) is 3. The molecule has 3 amide bonds. The smallest absolute Gasteiger partial charge is 0.338 e. The minimum absolute atomic E-state index is 0.177. The zero-order valence-electron chi connectivity index (χ0n) is 25.0. The van der Waals surface area contributed by atoms with Crippen molar-refractivity contribution in [2.45, 2.75) is 33.4 Å². The topological polar surface area (TPSA) is 137 Å². The molecule has 0 saturated carbocycles. The number of aryl methyl sites for hydroxylation is 1. The van der Waals surface area contributed by atoms with Gasteiger partial charge in [0.1, 0.15) is 6.61 Å². The van der Waals surface area contributed by atoms with Crippen molar-refractivity contribution in [1.29, 1.82) is 0 Å². The third-order valence-electron chi connectivity index (χ3n) is 6.53. The van der Waals surface area contributed by atoms with E-state index >= 15 is 0 Å². The minimum atomic E-state index is -0.783. The van der Waals surface area contributed by atoms with Crippen molar-refractivity contribution in [2.75, 3.05) is 20.3 Å². The van der Waals surface area contributed by atoms with Crippen LogP contribution < -0.4 is 30.3 Å². The average Bonchev–Trinajstić information content (AvgIpc) is 2.99. The normalized spacial score (nSPS) is 14.4. The largest absolute Gasteiger partial charge is 0.493 e. The van der Waals surface area contributed by atoms with Gasteiger partial charge in [-0.2, -0.15) is 5.10 Å². The Morgan fingerprint density at radius 2 is 1.78 bits per heavy atom. The van der Waals surface area contributed by atoms with Crippen molar-refractivity contribution >= 4 is 47.3 Å². The number of halogens is 2. The molecule has 0 aromatic heterocycles. The molecule has 0 unspecified atom stereocenters.